The van der Waals surface area contributed by atoms with E-state index in [-0.39, 0.29) is 0 Å². The third-order valence-corrected chi connectivity index (χ3v) is 2.62. The molecule has 0 atom stereocenters. The fourth-order valence-electron chi connectivity index (χ4n) is 1.72. The maximum absolute atomic E-state index is 5.77. The Balaban J connectivity index is 2.31. The molecule has 1 heterocycles. The van der Waals surface area contributed by atoms with E-state index in [1.165, 1.54) is 0 Å². The average molecular weight is 207 g/mol. The quantitative estimate of drug-likeness (QED) is 0.695. The van der Waals surface area contributed by atoms with Crippen LogP contribution in [0, 0.1) is 6.42 Å². The van der Waals surface area contributed by atoms with E-state index in [1.807, 2.05) is 24.3 Å². The molecule has 0 unspecified atom stereocenters. The van der Waals surface area contributed by atoms with Gasteiger partial charge in [-0.05, 0) is 24.5 Å². The van der Waals surface area contributed by atoms with Crippen LogP contribution >= 0.6 is 0 Å². The first kappa shape index (κ1) is 10.5. The molecule has 1 aliphatic heterocycles. The Bertz CT molecular complexity index is 331. The zero-order valence-electron chi connectivity index (χ0n) is 9.03. The summed E-state index contributed by atoms with van der Waals surface area (Å²) in [5.74, 6) is -0.137. The molecule has 0 bridgehead atoms. The average Bonchev–Trinajstić information content (AvgIpc) is 2.48. The van der Waals surface area contributed by atoms with Gasteiger partial charge in [-0.25, -0.2) is 0 Å². The summed E-state index contributed by atoms with van der Waals surface area (Å²) in [6, 6.07) is 7.93. The van der Waals surface area contributed by atoms with Gasteiger partial charge in [-0.2, -0.15) is 0 Å². The molecule has 1 aliphatic rings. The van der Waals surface area contributed by atoms with Gasteiger partial charge in [-0.15, -0.1) is 0 Å². The molecule has 2 rings (SSSR count). The van der Waals surface area contributed by atoms with Gasteiger partial charge in [0.2, 0.25) is 0 Å². The van der Waals surface area contributed by atoms with Crippen molar-refractivity contribution in [3.8, 4) is 5.75 Å². The number of ether oxygens (including phenoxy) is 3. The van der Waals surface area contributed by atoms with Gasteiger partial charge in [0.1, 0.15) is 5.75 Å². The lowest BCUT2D eigenvalue weighted by Gasteiger charge is -2.29. The van der Waals surface area contributed by atoms with Gasteiger partial charge in [0.05, 0.1) is 0 Å². The van der Waals surface area contributed by atoms with E-state index >= 15 is 0 Å². The van der Waals surface area contributed by atoms with Crippen LogP contribution in [0.2, 0.25) is 0 Å². The summed E-state index contributed by atoms with van der Waals surface area (Å²) in [4.78, 5) is 0. The molecule has 0 saturated carbocycles. The Morgan fingerprint density at radius 3 is 2.67 bits per heavy atom. The zero-order valence-corrected chi connectivity index (χ0v) is 9.03. The summed E-state index contributed by atoms with van der Waals surface area (Å²) < 4.78 is 16.3. The lowest BCUT2D eigenvalue weighted by molar-refractivity contribution is -0.320. The van der Waals surface area contributed by atoms with Crippen molar-refractivity contribution in [2.75, 3.05) is 14.2 Å². The van der Waals surface area contributed by atoms with Crippen molar-refractivity contribution in [1.29, 1.82) is 0 Å². The Kier molecular flexibility index (Phi) is 2.93. The topological polar surface area (TPSA) is 27.7 Å². The highest BCUT2D eigenvalue weighted by Gasteiger charge is 2.34. The summed E-state index contributed by atoms with van der Waals surface area (Å²) in [5.41, 5.74) is 1.16. The second-order valence-electron chi connectivity index (χ2n) is 3.50. The molecule has 0 aromatic heterocycles. The van der Waals surface area contributed by atoms with Crippen molar-refractivity contribution in [2.24, 2.45) is 0 Å². The first-order valence-electron chi connectivity index (χ1n) is 4.98. The van der Waals surface area contributed by atoms with Crippen LogP contribution in [0.4, 0.5) is 0 Å². The molecule has 3 nitrogen and oxygen atoms in total. The highest BCUT2D eigenvalue weighted by atomic mass is 16.9. The molecule has 1 aromatic carbocycles. The fraction of sp³-hybridized carbons (Fsp3) is 0.417. The molecule has 0 spiro atoms. The third-order valence-electron chi connectivity index (χ3n) is 2.62. The van der Waals surface area contributed by atoms with Gasteiger partial charge in [0, 0.05) is 20.6 Å². The summed E-state index contributed by atoms with van der Waals surface area (Å²) >= 11 is 0. The minimum Gasteiger partial charge on any atom is -0.439 e. The van der Waals surface area contributed by atoms with E-state index in [1.54, 1.807) is 14.2 Å². The maximum Gasteiger partial charge on any atom is 0.326 e. The van der Waals surface area contributed by atoms with E-state index in [0.29, 0.717) is 6.42 Å². The first-order valence-corrected chi connectivity index (χ1v) is 4.98. The van der Waals surface area contributed by atoms with E-state index in [4.69, 9.17) is 14.2 Å². The molecular weight excluding hydrogens is 192 g/mol. The number of hydrogen-bond acceptors (Lipinski definition) is 3. The Morgan fingerprint density at radius 2 is 1.93 bits per heavy atom. The third kappa shape index (κ3) is 1.98. The van der Waals surface area contributed by atoms with Crippen molar-refractivity contribution >= 4 is 0 Å². The molecule has 3 heteroatoms. The van der Waals surface area contributed by atoms with E-state index < -0.39 is 5.97 Å². The Morgan fingerprint density at radius 1 is 1.20 bits per heavy atom. The predicted molar refractivity (Wildman–Crippen MR) is 56.4 cm³/mol. The van der Waals surface area contributed by atoms with Crippen molar-refractivity contribution < 1.29 is 14.2 Å². The number of rotatable bonds is 2. The first-order chi connectivity index (χ1) is 7.29. The molecular formula is C12H15O3. The van der Waals surface area contributed by atoms with E-state index in [2.05, 4.69) is 6.42 Å². The molecule has 1 aromatic rings. The van der Waals surface area contributed by atoms with Crippen LogP contribution in [0.1, 0.15) is 12.0 Å². The van der Waals surface area contributed by atoms with Crippen molar-refractivity contribution in [1.82, 2.24) is 0 Å². The number of para-hydroxylation sites is 1. The highest BCUT2D eigenvalue weighted by Crippen LogP contribution is 2.32. The predicted octanol–water partition coefficient (Wildman–Crippen LogP) is 2.16. The second-order valence-corrected chi connectivity index (χ2v) is 3.50. The van der Waals surface area contributed by atoms with Crippen LogP contribution in [0.15, 0.2) is 24.3 Å². The Labute approximate surface area is 90.0 Å². The second kappa shape index (κ2) is 4.21. The van der Waals surface area contributed by atoms with E-state index in [0.717, 1.165) is 17.7 Å². The molecule has 1 radical (unpaired) electrons. The van der Waals surface area contributed by atoms with Gasteiger partial charge in [0.15, 0.2) is 0 Å². The van der Waals surface area contributed by atoms with Gasteiger partial charge in [-0.1, -0.05) is 18.2 Å². The van der Waals surface area contributed by atoms with E-state index in [9.17, 15) is 0 Å². The SMILES string of the molecule is COC1(OC)C[CH]Cc2ccccc2O1. The van der Waals surface area contributed by atoms with Crippen LogP contribution in [0.3, 0.4) is 0 Å². The lowest BCUT2D eigenvalue weighted by Crippen LogP contribution is -2.39. The zero-order chi connectivity index (χ0) is 10.7. The van der Waals surface area contributed by atoms with Crippen LogP contribution in [0.25, 0.3) is 0 Å². The van der Waals surface area contributed by atoms with Gasteiger partial charge >= 0.3 is 5.97 Å². The summed E-state index contributed by atoms with van der Waals surface area (Å²) in [5, 5.41) is 0. The van der Waals surface area contributed by atoms with Crippen molar-refractivity contribution in [3.63, 3.8) is 0 Å². The maximum atomic E-state index is 5.77. The molecule has 81 valence electrons. The van der Waals surface area contributed by atoms with Gasteiger partial charge in [0.25, 0.3) is 0 Å². The monoisotopic (exact) mass is 207 g/mol. The summed E-state index contributed by atoms with van der Waals surface area (Å²) in [7, 11) is 3.18. The van der Waals surface area contributed by atoms with Crippen LogP contribution in [-0.2, 0) is 15.9 Å². The molecule has 0 saturated heterocycles. The number of fused-ring (bicyclic) bond motifs is 1. The molecule has 0 amide bonds. The highest BCUT2D eigenvalue weighted by molar-refractivity contribution is 5.35. The number of benzene rings is 1. The standard InChI is InChI=1S/C12H15O3/c1-13-12(14-2)9-5-7-10-6-3-4-8-11(10)15-12/h3-6,8H,7,9H2,1-2H3. The fourth-order valence-corrected chi connectivity index (χ4v) is 1.72. The van der Waals surface area contributed by atoms with Crippen LogP contribution in [-0.4, -0.2) is 20.2 Å². The number of methoxy groups -OCH3 is 2. The van der Waals surface area contributed by atoms with Crippen LogP contribution < -0.4 is 4.74 Å². The largest absolute Gasteiger partial charge is 0.439 e. The number of hydrogen-bond donors (Lipinski definition) is 0. The molecule has 15 heavy (non-hydrogen) atoms. The molecule has 0 aliphatic carbocycles. The van der Waals surface area contributed by atoms with Gasteiger partial charge < -0.3 is 14.2 Å². The van der Waals surface area contributed by atoms with Crippen molar-refractivity contribution in [2.45, 2.75) is 18.8 Å². The van der Waals surface area contributed by atoms with Gasteiger partial charge in [-0.3, -0.25) is 0 Å². The normalized spacial score (nSPS) is 18.8. The lowest BCUT2D eigenvalue weighted by atomic mass is 10.1. The minimum absolute atomic E-state index is 0.620. The summed E-state index contributed by atoms with van der Waals surface area (Å²) in [6.07, 6.45) is 3.61. The van der Waals surface area contributed by atoms with Crippen LogP contribution in [0.5, 0.6) is 5.75 Å². The Hall–Kier alpha value is -1.06. The summed E-state index contributed by atoms with van der Waals surface area (Å²) in [6.45, 7) is 0. The minimum atomic E-state index is -0.966. The molecule has 0 N–H and O–H groups in total. The smallest absolute Gasteiger partial charge is 0.326 e. The van der Waals surface area contributed by atoms with Crippen molar-refractivity contribution in [3.05, 3.63) is 36.2 Å². The molecule has 0 fully saturated rings.